The first-order valence-corrected chi connectivity index (χ1v) is 11.4. The normalized spacial score (nSPS) is 9.45. The SMILES string of the molecule is C[C](=[Zr+2])c1cccc2ccccc12.Cc1c[cH-]c(C)c1C.Cc1c[cH-]c(C)c1C.[Cl-].[Cl-]. The minimum absolute atomic E-state index is 0. The number of benzene rings is 2. The summed E-state index contributed by atoms with van der Waals surface area (Å²) >= 11 is 1.50. The van der Waals surface area contributed by atoms with Crippen molar-refractivity contribution in [2.45, 2.75) is 48.5 Å². The number of rotatable bonds is 1. The topological polar surface area (TPSA) is 0 Å². The predicted octanol–water partition coefficient (Wildman–Crippen LogP) is 1.60. The van der Waals surface area contributed by atoms with Crippen LogP contribution in [0.15, 0.2) is 66.7 Å². The first-order chi connectivity index (χ1) is 13.7. The monoisotopic (exact) mass is 528 g/mol. The van der Waals surface area contributed by atoms with Gasteiger partial charge in [-0.05, 0) is 0 Å². The Morgan fingerprint density at radius 1 is 0.677 bits per heavy atom. The molecular weight excluding hydrogens is 498 g/mol. The second kappa shape index (κ2) is 14.0. The van der Waals surface area contributed by atoms with Gasteiger partial charge in [0.1, 0.15) is 0 Å². The van der Waals surface area contributed by atoms with Gasteiger partial charge in [0.15, 0.2) is 0 Å². The van der Waals surface area contributed by atoms with Crippen molar-refractivity contribution in [2.24, 2.45) is 0 Å². The van der Waals surface area contributed by atoms with E-state index < -0.39 is 0 Å². The average Bonchev–Trinajstić information content (AvgIpc) is 3.18. The molecular formula is C28H32Cl2Zr-2. The Kier molecular flexibility index (Phi) is 13.4. The Morgan fingerprint density at radius 2 is 1.13 bits per heavy atom. The molecule has 0 aliphatic rings. The van der Waals surface area contributed by atoms with Crippen molar-refractivity contribution >= 4 is 14.0 Å². The van der Waals surface area contributed by atoms with Crippen LogP contribution < -0.4 is 24.8 Å². The second-order valence-electron chi connectivity index (χ2n) is 7.80. The summed E-state index contributed by atoms with van der Waals surface area (Å²) in [5, 5.41) is 2.71. The smallest absolute Gasteiger partial charge is 0.0632 e. The molecule has 4 aromatic carbocycles. The molecule has 0 unspecified atom stereocenters. The van der Waals surface area contributed by atoms with Gasteiger partial charge in [-0.25, -0.2) is 0 Å². The van der Waals surface area contributed by atoms with Gasteiger partial charge >= 0.3 is 93.2 Å². The standard InChI is InChI=1S/C12H10.2C8H11.2ClH.Zr/c1-2-10-7-5-8-11-6-3-4-9-12(10)11;2*1-6-4-5-7(2)8(6)3;;;/h3-9H,1H3;2*4-5H,1-3H3;2*1H;/q;2*-1;;;+2/p-2. The van der Waals surface area contributed by atoms with Crippen LogP contribution >= 0.6 is 0 Å². The van der Waals surface area contributed by atoms with Crippen molar-refractivity contribution in [1.29, 1.82) is 0 Å². The zero-order valence-electron chi connectivity index (χ0n) is 19.6. The first kappa shape index (κ1) is 29.7. The van der Waals surface area contributed by atoms with Gasteiger partial charge in [-0.15, -0.1) is 0 Å². The summed E-state index contributed by atoms with van der Waals surface area (Å²) < 4.78 is 1.46. The van der Waals surface area contributed by atoms with Crippen LogP contribution in [-0.4, -0.2) is 3.21 Å². The molecule has 31 heavy (non-hydrogen) atoms. The molecule has 0 aliphatic carbocycles. The third kappa shape index (κ3) is 8.30. The molecule has 0 amide bonds. The van der Waals surface area contributed by atoms with E-state index in [1.807, 2.05) is 0 Å². The molecule has 4 aromatic rings. The van der Waals surface area contributed by atoms with Crippen LogP contribution in [0.5, 0.6) is 0 Å². The average molecular weight is 531 g/mol. The van der Waals surface area contributed by atoms with Crippen molar-refractivity contribution in [3.63, 3.8) is 0 Å². The van der Waals surface area contributed by atoms with Crippen molar-refractivity contribution in [1.82, 2.24) is 0 Å². The molecule has 3 heteroatoms. The fourth-order valence-corrected chi connectivity index (χ4v) is 3.71. The van der Waals surface area contributed by atoms with Gasteiger partial charge in [0.2, 0.25) is 0 Å². The first-order valence-electron chi connectivity index (χ1n) is 10.1. The molecule has 0 atom stereocenters. The van der Waals surface area contributed by atoms with Crippen LogP contribution in [-0.2, 0) is 24.2 Å². The zero-order valence-corrected chi connectivity index (χ0v) is 23.6. The maximum atomic E-state index is 2.20. The summed E-state index contributed by atoms with van der Waals surface area (Å²) in [5.74, 6) is 0. The molecule has 0 nitrogen and oxygen atoms in total. The largest absolute Gasteiger partial charge is 1.00 e. The summed E-state index contributed by atoms with van der Waals surface area (Å²) in [6.45, 7) is 15.1. The number of hydrogen-bond acceptors (Lipinski definition) is 0. The van der Waals surface area contributed by atoms with Crippen LogP contribution in [0.1, 0.15) is 45.9 Å². The van der Waals surface area contributed by atoms with E-state index in [9.17, 15) is 0 Å². The zero-order chi connectivity index (χ0) is 21.6. The van der Waals surface area contributed by atoms with E-state index in [1.54, 1.807) is 0 Å². The van der Waals surface area contributed by atoms with Crippen molar-refractivity contribution in [3.8, 4) is 0 Å². The van der Waals surface area contributed by atoms with Gasteiger partial charge in [0.05, 0.1) is 0 Å². The Labute approximate surface area is 216 Å². The molecule has 0 spiro atoms. The Morgan fingerprint density at radius 3 is 1.48 bits per heavy atom. The van der Waals surface area contributed by atoms with E-state index in [1.165, 1.54) is 77.2 Å². The van der Waals surface area contributed by atoms with Gasteiger partial charge in [-0.1, -0.05) is 41.5 Å². The predicted molar refractivity (Wildman–Crippen MR) is 126 cm³/mol. The van der Waals surface area contributed by atoms with Crippen molar-refractivity contribution in [3.05, 3.63) is 106 Å². The third-order valence-electron chi connectivity index (χ3n) is 5.73. The molecule has 0 N–H and O–H groups in total. The van der Waals surface area contributed by atoms with Crippen LogP contribution in [0.3, 0.4) is 0 Å². The number of aryl methyl sites for hydroxylation is 4. The fourth-order valence-electron chi connectivity index (χ4n) is 3.17. The van der Waals surface area contributed by atoms with Gasteiger partial charge in [-0.2, -0.15) is 57.6 Å². The van der Waals surface area contributed by atoms with E-state index in [4.69, 9.17) is 0 Å². The molecule has 164 valence electrons. The van der Waals surface area contributed by atoms with Gasteiger partial charge in [0.25, 0.3) is 0 Å². The van der Waals surface area contributed by atoms with Crippen LogP contribution in [0.2, 0.25) is 0 Å². The Bertz CT molecular complexity index is 1010. The minimum atomic E-state index is 0. The van der Waals surface area contributed by atoms with Crippen LogP contribution in [0.4, 0.5) is 0 Å². The Hall–Kier alpha value is -1.27. The summed E-state index contributed by atoms with van der Waals surface area (Å²) in [6.07, 6.45) is 0. The van der Waals surface area contributed by atoms with Gasteiger partial charge in [-0.3, -0.25) is 0 Å². The van der Waals surface area contributed by atoms with E-state index in [0.717, 1.165) is 0 Å². The summed E-state index contributed by atoms with van der Waals surface area (Å²) in [5.41, 5.74) is 9.89. The fraction of sp³-hybridized carbons (Fsp3) is 0.250. The summed E-state index contributed by atoms with van der Waals surface area (Å²) in [7, 11) is 0. The molecule has 0 bridgehead atoms. The van der Waals surface area contributed by atoms with Gasteiger partial charge in [0, 0.05) is 0 Å². The molecule has 0 saturated heterocycles. The maximum absolute atomic E-state index is 2.20. The third-order valence-corrected chi connectivity index (χ3v) is 6.39. The van der Waals surface area contributed by atoms with E-state index in [2.05, 4.69) is 115 Å². The maximum Gasteiger partial charge on any atom is -0.0632 e. The quantitative estimate of drug-likeness (QED) is 0.328. The van der Waals surface area contributed by atoms with Crippen molar-refractivity contribution < 1.29 is 49.0 Å². The molecule has 0 heterocycles. The molecule has 0 fully saturated rings. The molecule has 0 aliphatic heterocycles. The molecule has 0 radical (unpaired) electrons. The van der Waals surface area contributed by atoms with Crippen molar-refractivity contribution in [2.75, 3.05) is 0 Å². The van der Waals surface area contributed by atoms with Crippen LogP contribution in [0.25, 0.3) is 10.8 Å². The van der Waals surface area contributed by atoms with Gasteiger partial charge < -0.3 is 24.8 Å². The number of fused-ring (bicyclic) bond motifs is 1. The van der Waals surface area contributed by atoms with E-state index >= 15 is 0 Å². The molecule has 0 aromatic heterocycles. The molecule has 0 saturated carbocycles. The molecule has 4 rings (SSSR count). The van der Waals surface area contributed by atoms with E-state index in [-0.39, 0.29) is 24.8 Å². The number of hydrogen-bond donors (Lipinski definition) is 0. The Balaban J connectivity index is 0.000000442. The van der Waals surface area contributed by atoms with E-state index in [0.29, 0.717) is 0 Å². The minimum Gasteiger partial charge on any atom is -1.00 e. The summed E-state index contributed by atoms with van der Waals surface area (Å²) in [4.78, 5) is 0. The number of halogens is 2. The second-order valence-corrected chi connectivity index (χ2v) is 9.64. The van der Waals surface area contributed by atoms with Crippen LogP contribution in [0, 0.1) is 41.5 Å². The summed E-state index contributed by atoms with van der Waals surface area (Å²) in [6, 6.07) is 23.7.